The summed E-state index contributed by atoms with van der Waals surface area (Å²) in [6, 6.07) is 41.4. The van der Waals surface area contributed by atoms with E-state index in [4.69, 9.17) is 20.7 Å². The van der Waals surface area contributed by atoms with Gasteiger partial charge < -0.3 is 15.7 Å². The maximum absolute atomic E-state index is 9.33. The minimum Gasteiger partial charge on any atom is -0.481 e. The van der Waals surface area contributed by atoms with Gasteiger partial charge in [-0.1, -0.05) is 121 Å². The van der Waals surface area contributed by atoms with E-state index in [1.807, 2.05) is 48.5 Å². The molecule has 45 heavy (non-hydrogen) atoms. The molecular weight excluding hydrogens is 579 g/mol. The van der Waals surface area contributed by atoms with Crippen molar-refractivity contribution in [3.05, 3.63) is 137 Å². The second-order valence-electron chi connectivity index (χ2n) is 10.4. The third-order valence-electron chi connectivity index (χ3n) is 7.40. The lowest BCUT2D eigenvalue weighted by molar-refractivity contribution is -0.134. The van der Waals surface area contributed by atoms with Gasteiger partial charge in [-0.3, -0.25) is 21.0 Å². The number of hydrogen-bond acceptors (Lipinski definition) is 5. The van der Waals surface area contributed by atoms with Gasteiger partial charge in [-0.25, -0.2) is 0 Å². The highest BCUT2D eigenvalue weighted by Gasteiger charge is 2.38. The van der Waals surface area contributed by atoms with Crippen LogP contribution in [0.1, 0.15) is 18.1 Å². The molecule has 220 valence electrons. The number of amidine groups is 3. The van der Waals surface area contributed by atoms with Crippen LogP contribution in [0, 0.1) is 16.2 Å². The Bertz CT molecular complexity index is 1990. The number of carboxylic acids is 1. The molecule has 0 aliphatic carbocycles. The van der Waals surface area contributed by atoms with Crippen LogP contribution in [0.25, 0.3) is 50.2 Å². The minimum absolute atomic E-state index is 0.164. The lowest BCUT2D eigenvalue weighted by Crippen LogP contribution is -2.20. The van der Waals surface area contributed by atoms with Gasteiger partial charge in [-0.2, -0.15) is 0 Å². The predicted octanol–water partition coefficient (Wildman–Crippen LogP) is 8.29. The Kier molecular flexibility index (Phi) is 8.14. The number of rotatable bonds is 4. The van der Waals surface area contributed by atoms with Crippen LogP contribution in [0.15, 0.2) is 126 Å². The summed E-state index contributed by atoms with van der Waals surface area (Å²) in [6.45, 7) is 1.08. The predicted molar refractivity (Wildman–Crippen MR) is 185 cm³/mol. The zero-order valence-corrected chi connectivity index (χ0v) is 25.1. The summed E-state index contributed by atoms with van der Waals surface area (Å²) in [4.78, 5) is 9.61. The van der Waals surface area contributed by atoms with E-state index >= 15 is 0 Å². The molecule has 0 aromatic heterocycles. The average Bonchev–Trinajstić information content (AvgIpc) is 3.58. The van der Waals surface area contributed by atoms with Crippen LogP contribution in [-0.2, 0) is 4.79 Å². The molecule has 0 spiro atoms. The summed E-state index contributed by atoms with van der Waals surface area (Å²) in [5, 5.41) is 40.0. The Morgan fingerprint density at radius 3 is 1.20 bits per heavy atom. The molecule has 1 saturated heterocycles. The number of carbonyl (C=O) groups is 1. The van der Waals surface area contributed by atoms with Crippen LogP contribution >= 0.6 is 11.8 Å². The quantitative estimate of drug-likeness (QED) is 0.122. The SMILES string of the molecule is CC(=O)O.N=C1NC(=N)/C(=C2\NC(=N)c3c2c(-c2ccccc2)c(-c2ccccc2)c(-c2ccccc2)c3-c2ccccc2)S1. The normalized spacial score (nSPS) is 15.1. The molecule has 1 fully saturated rings. The number of aliphatic carboxylic acids is 1. The van der Waals surface area contributed by atoms with Crippen LogP contribution in [0.3, 0.4) is 0 Å². The summed E-state index contributed by atoms with van der Waals surface area (Å²) in [5.74, 6) is -0.390. The Morgan fingerprint density at radius 2 is 0.867 bits per heavy atom. The van der Waals surface area contributed by atoms with Gasteiger partial charge in [0, 0.05) is 29.2 Å². The monoisotopic (exact) mass is 607 g/mol. The maximum atomic E-state index is 9.33. The molecule has 2 heterocycles. The molecule has 0 unspecified atom stereocenters. The van der Waals surface area contributed by atoms with Crippen LogP contribution in [0.2, 0.25) is 0 Å². The summed E-state index contributed by atoms with van der Waals surface area (Å²) >= 11 is 1.21. The molecule has 0 amide bonds. The van der Waals surface area contributed by atoms with Crippen molar-refractivity contribution in [3.8, 4) is 44.5 Å². The highest BCUT2D eigenvalue weighted by atomic mass is 32.2. The number of nitrogens with one attached hydrogen (secondary N) is 5. The first-order valence-electron chi connectivity index (χ1n) is 14.2. The van der Waals surface area contributed by atoms with Gasteiger partial charge >= 0.3 is 0 Å². The molecule has 2 aliphatic rings. The van der Waals surface area contributed by atoms with Gasteiger partial charge in [0.1, 0.15) is 11.7 Å². The van der Waals surface area contributed by atoms with E-state index in [0.717, 1.165) is 62.6 Å². The summed E-state index contributed by atoms with van der Waals surface area (Å²) < 4.78 is 0. The summed E-state index contributed by atoms with van der Waals surface area (Å²) in [6.07, 6.45) is 0. The fourth-order valence-electron chi connectivity index (χ4n) is 5.77. The van der Waals surface area contributed by atoms with Crippen LogP contribution in [-0.4, -0.2) is 27.9 Å². The second-order valence-corrected chi connectivity index (χ2v) is 11.4. The number of benzene rings is 5. The molecule has 2 aliphatic heterocycles. The molecule has 0 atom stereocenters. The van der Waals surface area contributed by atoms with Gasteiger partial charge in [-0.15, -0.1) is 0 Å². The van der Waals surface area contributed by atoms with Crippen molar-refractivity contribution in [2.24, 2.45) is 0 Å². The largest absolute Gasteiger partial charge is 0.481 e. The van der Waals surface area contributed by atoms with E-state index in [0.29, 0.717) is 10.6 Å². The van der Waals surface area contributed by atoms with Crippen molar-refractivity contribution < 1.29 is 9.90 Å². The smallest absolute Gasteiger partial charge is 0.300 e. The molecular formula is C37H29N5O2S. The fraction of sp³-hybridized carbons (Fsp3) is 0.0270. The van der Waals surface area contributed by atoms with Crippen LogP contribution < -0.4 is 10.6 Å². The minimum atomic E-state index is -0.833. The molecule has 6 N–H and O–H groups in total. The first-order chi connectivity index (χ1) is 21.8. The van der Waals surface area contributed by atoms with Crippen molar-refractivity contribution in [2.75, 3.05) is 0 Å². The third kappa shape index (κ3) is 5.67. The highest BCUT2D eigenvalue weighted by molar-refractivity contribution is 8.18. The van der Waals surface area contributed by atoms with Crippen molar-refractivity contribution in [3.63, 3.8) is 0 Å². The number of carboxylic acid groups (broad SMARTS) is 1. The Balaban J connectivity index is 0.000000845. The lowest BCUT2D eigenvalue weighted by Gasteiger charge is -2.25. The zero-order valence-electron chi connectivity index (χ0n) is 24.3. The van der Waals surface area contributed by atoms with Gasteiger partial charge in [0.15, 0.2) is 5.17 Å². The number of fused-ring (bicyclic) bond motifs is 1. The Hall–Kier alpha value is -5.73. The first-order valence-corrected chi connectivity index (χ1v) is 15.0. The molecule has 8 heteroatoms. The van der Waals surface area contributed by atoms with Crippen molar-refractivity contribution in [1.29, 1.82) is 16.2 Å². The van der Waals surface area contributed by atoms with E-state index in [1.165, 1.54) is 11.8 Å². The van der Waals surface area contributed by atoms with E-state index in [9.17, 15) is 5.41 Å². The molecule has 0 saturated carbocycles. The van der Waals surface area contributed by atoms with Crippen molar-refractivity contribution in [1.82, 2.24) is 10.6 Å². The molecule has 5 aromatic rings. The highest BCUT2D eigenvalue weighted by Crippen LogP contribution is 2.53. The second kappa shape index (κ2) is 12.5. The topological polar surface area (TPSA) is 133 Å². The third-order valence-corrected chi connectivity index (χ3v) is 8.32. The number of thioether (sulfide) groups is 1. The van der Waals surface area contributed by atoms with E-state index in [2.05, 4.69) is 83.4 Å². The van der Waals surface area contributed by atoms with E-state index in [1.54, 1.807) is 0 Å². The Morgan fingerprint density at radius 1 is 0.533 bits per heavy atom. The number of hydrogen-bond donors (Lipinski definition) is 6. The van der Waals surface area contributed by atoms with Crippen molar-refractivity contribution in [2.45, 2.75) is 6.92 Å². The van der Waals surface area contributed by atoms with Gasteiger partial charge in [0.2, 0.25) is 0 Å². The summed E-state index contributed by atoms with van der Waals surface area (Å²) in [7, 11) is 0. The standard InChI is InChI=1S/C35H25N5S.C2H4O2/c36-33-30-28(24-19-11-4-12-20-24)26(22-15-7-2-8-16-22)25(21-13-5-1-6-14-21)27(23-17-9-3-10-18-23)29(30)31(39-33)32-34(37)40-35(38)41-32;1-2(3)4/h1-20H,(H2,36,39)(H3,37,38,40);1H3,(H,3,4)/b32-31+;. The maximum Gasteiger partial charge on any atom is 0.300 e. The van der Waals surface area contributed by atoms with Gasteiger partial charge in [-0.05, 0) is 45.1 Å². The van der Waals surface area contributed by atoms with Crippen molar-refractivity contribution >= 4 is 40.3 Å². The molecule has 0 radical (unpaired) electrons. The van der Waals surface area contributed by atoms with Crippen LogP contribution in [0.4, 0.5) is 0 Å². The van der Waals surface area contributed by atoms with Gasteiger partial charge in [0.25, 0.3) is 5.97 Å². The molecule has 7 nitrogen and oxygen atoms in total. The average molecular weight is 608 g/mol. The van der Waals surface area contributed by atoms with Crippen LogP contribution in [0.5, 0.6) is 0 Å². The Labute approximate surface area is 265 Å². The zero-order chi connectivity index (χ0) is 31.5. The summed E-state index contributed by atoms with van der Waals surface area (Å²) in [5.41, 5.74) is 10.6. The fourth-order valence-corrected chi connectivity index (χ4v) is 6.53. The molecule has 0 bridgehead atoms. The molecule has 7 rings (SSSR count). The van der Waals surface area contributed by atoms with E-state index in [-0.39, 0.29) is 16.8 Å². The van der Waals surface area contributed by atoms with Gasteiger partial charge in [0.05, 0.1) is 10.6 Å². The molecule has 5 aromatic carbocycles. The first kappa shape index (κ1) is 29.3. The van der Waals surface area contributed by atoms with E-state index < -0.39 is 5.97 Å². The lowest BCUT2D eigenvalue weighted by atomic mass is 9.77.